The van der Waals surface area contributed by atoms with E-state index in [0.29, 0.717) is 5.56 Å². The summed E-state index contributed by atoms with van der Waals surface area (Å²) < 4.78 is 6.62. The van der Waals surface area contributed by atoms with E-state index in [4.69, 9.17) is 9.40 Å². The lowest BCUT2D eigenvalue weighted by Crippen LogP contribution is -2.32. The number of hydrogen-bond donors (Lipinski definition) is 0. The average Bonchev–Trinajstić information content (AvgIpc) is 3.22. The summed E-state index contributed by atoms with van der Waals surface area (Å²) in [6, 6.07) is 26.8. The average molecular weight is 460 g/mol. The first-order valence-electron chi connectivity index (χ1n) is 11.3. The van der Waals surface area contributed by atoms with Crippen LogP contribution in [-0.4, -0.2) is 39.4 Å². The van der Waals surface area contributed by atoms with Gasteiger partial charge in [-0.3, -0.25) is 15.0 Å². The molecule has 0 atom stereocenters. The van der Waals surface area contributed by atoms with Crippen LogP contribution in [-0.2, 0) is 4.55 Å². The van der Waals surface area contributed by atoms with Crippen LogP contribution in [0.25, 0.3) is 44.3 Å². The van der Waals surface area contributed by atoms with Crippen LogP contribution < -0.4 is 0 Å². The summed E-state index contributed by atoms with van der Waals surface area (Å²) >= 11 is 0. The SMILES string of the molecule is BC(B)(c1ccnc(-c2cccc3c2oc2c(-c4ccccc4)c(C#N)ccc23)c1)S(C)(C)C. The molecule has 0 spiro atoms. The minimum Gasteiger partial charge on any atom is -0.455 e. The molecule has 0 N–H and O–H groups in total. The summed E-state index contributed by atoms with van der Waals surface area (Å²) in [6.07, 6.45) is 8.96. The van der Waals surface area contributed by atoms with Gasteiger partial charge in [-0.2, -0.15) is 5.26 Å². The van der Waals surface area contributed by atoms with Crippen LogP contribution in [0.1, 0.15) is 11.1 Å². The summed E-state index contributed by atoms with van der Waals surface area (Å²) in [7, 11) is 3.79. The van der Waals surface area contributed by atoms with Crippen LogP contribution in [0.5, 0.6) is 0 Å². The van der Waals surface area contributed by atoms with Crippen molar-refractivity contribution in [2.24, 2.45) is 0 Å². The Morgan fingerprint density at radius 2 is 1.62 bits per heavy atom. The fourth-order valence-corrected chi connectivity index (χ4v) is 5.19. The Morgan fingerprint density at radius 1 is 0.882 bits per heavy atom. The van der Waals surface area contributed by atoms with E-state index in [1.807, 2.05) is 48.7 Å². The zero-order chi connectivity index (χ0) is 24.1. The highest BCUT2D eigenvalue weighted by Crippen LogP contribution is 2.52. The number of pyridine rings is 1. The number of nitriles is 1. The van der Waals surface area contributed by atoms with E-state index >= 15 is 0 Å². The molecule has 0 amide bonds. The van der Waals surface area contributed by atoms with E-state index in [1.165, 1.54) is 5.56 Å². The third kappa shape index (κ3) is 3.52. The molecule has 0 saturated heterocycles. The summed E-state index contributed by atoms with van der Waals surface area (Å²) in [5.41, 5.74) is 7.11. The maximum atomic E-state index is 9.82. The lowest BCUT2D eigenvalue weighted by Gasteiger charge is -2.45. The number of aromatic nitrogens is 1. The van der Waals surface area contributed by atoms with Gasteiger partial charge < -0.3 is 4.42 Å². The maximum absolute atomic E-state index is 9.82. The van der Waals surface area contributed by atoms with Crippen molar-refractivity contribution in [1.82, 2.24) is 4.98 Å². The Hall–Kier alpha value is -3.42. The highest BCUT2D eigenvalue weighted by atomic mass is 32.3. The topological polar surface area (TPSA) is 49.8 Å². The number of hydrogen-bond acceptors (Lipinski definition) is 3. The van der Waals surface area contributed by atoms with Gasteiger partial charge in [0.1, 0.15) is 26.9 Å². The minimum absolute atomic E-state index is 0.0502. The van der Waals surface area contributed by atoms with Gasteiger partial charge in [0.15, 0.2) is 0 Å². The maximum Gasteiger partial charge on any atom is 0.144 e. The van der Waals surface area contributed by atoms with Gasteiger partial charge in [-0.25, -0.2) is 0 Å². The van der Waals surface area contributed by atoms with Gasteiger partial charge in [0, 0.05) is 28.1 Å². The van der Waals surface area contributed by atoms with E-state index < -0.39 is 10.0 Å². The molecular weight excluding hydrogens is 434 g/mol. The van der Waals surface area contributed by atoms with Crippen molar-refractivity contribution in [1.29, 1.82) is 5.26 Å². The number of para-hydroxylation sites is 1. The second kappa shape index (κ2) is 8.11. The molecule has 0 aliphatic heterocycles. The zero-order valence-corrected chi connectivity index (χ0v) is 21.0. The Kier molecular flexibility index (Phi) is 5.34. The van der Waals surface area contributed by atoms with Gasteiger partial charge in [-0.1, -0.05) is 42.5 Å². The van der Waals surface area contributed by atoms with E-state index in [2.05, 4.69) is 70.9 Å². The second-order valence-electron chi connectivity index (χ2n) is 9.90. The Labute approximate surface area is 204 Å². The predicted octanol–water partition coefficient (Wildman–Crippen LogP) is 5.26. The van der Waals surface area contributed by atoms with Gasteiger partial charge in [-0.05, 0) is 64.8 Å². The standard InChI is InChI=1S/C28H26B2N2OS/c1-34(2,3)28(29,30)20-14-15-32-24(16-20)23-11-7-10-21-22-13-12-19(17-31)25(27(22)33-26(21)23)18-8-5-4-6-9-18/h4-16H,29-30H2,1-3H3. The van der Waals surface area contributed by atoms with Gasteiger partial charge >= 0.3 is 0 Å². The van der Waals surface area contributed by atoms with E-state index in [0.717, 1.165) is 44.3 Å². The molecule has 0 saturated carbocycles. The molecule has 5 rings (SSSR count). The first-order valence-corrected chi connectivity index (χ1v) is 14.2. The Bertz CT molecular complexity index is 1580. The third-order valence-electron chi connectivity index (χ3n) is 7.11. The molecule has 2 heterocycles. The smallest absolute Gasteiger partial charge is 0.144 e. The first-order chi connectivity index (χ1) is 16.2. The van der Waals surface area contributed by atoms with Crippen molar-refractivity contribution in [2.75, 3.05) is 18.8 Å². The molecule has 0 bridgehead atoms. The number of rotatable bonds is 4. The van der Waals surface area contributed by atoms with E-state index in [1.54, 1.807) is 0 Å². The highest BCUT2D eigenvalue weighted by Gasteiger charge is 2.31. The molecule has 0 unspecified atom stereocenters. The van der Waals surface area contributed by atoms with Crippen molar-refractivity contribution < 1.29 is 4.42 Å². The van der Waals surface area contributed by atoms with Crippen LogP contribution in [0.2, 0.25) is 0 Å². The molecule has 5 aromatic rings. The number of nitrogens with zero attached hydrogens (tertiary/aromatic N) is 2. The van der Waals surface area contributed by atoms with Crippen LogP contribution in [0.4, 0.5) is 0 Å². The largest absolute Gasteiger partial charge is 0.455 e. The molecule has 166 valence electrons. The molecule has 3 aromatic carbocycles. The summed E-state index contributed by atoms with van der Waals surface area (Å²) in [5, 5.41) is 11.9. The number of benzene rings is 3. The van der Waals surface area contributed by atoms with Gasteiger partial charge in [-0.15, -0.1) is 0 Å². The molecule has 2 aromatic heterocycles. The fourth-order valence-electron chi connectivity index (χ4n) is 4.35. The summed E-state index contributed by atoms with van der Waals surface area (Å²) in [4.78, 5) is 4.74. The number of furan rings is 1. The molecule has 0 fully saturated rings. The zero-order valence-electron chi connectivity index (χ0n) is 20.2. The lowest BCUT2D eigenvalue weighted by molar-refractivity contribution is 0.670. The van der Waals surface area contributed by atoms with Crippen LogP contribution in [0.3, 0.4) is 0 Å². The van der Waals surface area contributed by atoms with Crippen molar-refractivity contribution in [3.63, 3.8) is 0 Å². The van der Waals surface area contributed by atoms with Crippen LogP contribution in [0, 0.1) is 11.3 Å². The lowest BCUT2D eigenvalue weighted by atomic mass is 9.65. The van der Waals surface area contributed by atoms with Crippen molar-refractivity contribution >= 4 is 47.7 Å². The Balaban J connectivity index is 1.78. The monoisotopic (exact) mass is 460 g/mol. The van der Waals surface area contributed by atoms with Crippen molar-refractivity contribution in [2.45, 2.75) is 4.55 Å². The van der Waals surface area contributed by atoms with Crippen LogP contribution >= 0.6 is 10.0 Å². The Morgan fingerprint density at radius 3 is 2.32 bits per heavy atom. The van der Waals surface area contributed by atoms with E-state index in [9.17, 15) is 5.26 Å². The van der Waals surface area contributed by atoms with Crippen molar-refractivity contribution in [3.8, 4) is 28.5 Å². The second-order valence-corrected chi connectivity index (χ2v) is 14.6. The fraction of sp³-hybridized carbons (Fsp3) is 0.143. The minimum atomic E-state index is -0.843. The van der Waals surface area contributed by atoms with Gasteiger partial charge in [0.05, 0.1) is 17.3 Å². The van der Waals surface area contributed by atoms with Crippen LogP contribution in [0.15, 0.2) is 83.4 Å². The molecule has 0 radical (unpaired) electrons. The van der Waals surface area contributed by atoms with E-state index in [-0.39, 0.29) is 4.55 Å². The molecule has 3 nitrogen and oxygen atoms in total. The first kappa shape index (κ1) is 22.4. The molecular formula is C28H26B2N2OS. The molecule has 0 aliphatic carbocycles. The molecule has 0 aliphatic rings. The number of fused-ring (bicyclic) bond motifs is 3. The molecule has 6 heteroatoms. The highest BCUT2D eigenvalue weighted by molar-refractivity contribution is 8.34. The molecule has 34 heavy (non-hydrogen) atoms. The third-order valence-corrected chi connectivity index (χ3v) is 10.4. The summed E-state index contributed by atoms with van der Waals surface area (Å²) in [6.45, 7) is 0. The normalized spacial score (nSPS) is 12.6. The summed E-state index contributed by atoms with van der Waals surface area (Å²) in [5.74, 6) is 0. The van der Waals surface area contributed by atoms with Crippen molar-refractivity contribution in [3.05, 3.63) is 90.1 Å². The quantitative estimate of drug-likeness (QED) is 0.344. The predicted molar refractivity (Wildman–Crippen MR) is 151 cm³/mol. The van der Waals surface area contributed by atoms with Gasteiger partial charge in [0.2, 0.25) is 0 Å². The van der Waals surface area contributed by atoms with Gasteiger partial charge in [0.25, 0.3) is 0 Å².